The van der Waals surface area contributed by atoms with Crippen LogP contribution in [0.15, 0.2) is 42.5 Å². The molecule has 0 heterocycles. The van der Waals surface area contributed by atoms with E-state index in [9.17, 15) is 13.6 Å². The van der Waals surface area contributed by atoms with Gasteiger partial charge in [-0.1, -0.05) is 45.0 Å². The van der Waals surface area contributed by atoms with E-state index in [1.54, 1.807) is 13.8 Å². The number of aryl methyl sites for hydroxylation is 1. The summed E-state index contributed by atoms with van der Waals surface area (Å²) in [5, 5.41) is 6.69. The van der Waals surface area contributed by atoms with Crippen LogP contribution in [0.1, 0.15) is 76.5 Å². The molecule has 1 aliphatic rings. The highest BCUT2D eigenvalue weighted by Gasteiger charge is 2.36. The first-order chi connectivity index (χ1) is 15.9. The monoisotopic (exact) mass is 473 g/mol. The Morgan fingerprint density at radius 2 is 1.68 bits per heavy atom. The average molecular weight is 474 g/mol. The molecule has 6 heteroatoms. The van der Waals surface area contributed by atoms with Gasteiger partial charge in [0.2, 0.25) is 5.91 Å². The summed E-state index contributed by atoms with van der Waals surface area (Å²) in [6, 6.07) is 12.8. The number of carbonyl (C=O) groups is 1. The van der Waals surface area contributed by atoms with Gasteiger partial charge in [-0.3, -0.25) is 4.79 Å². The maximum Gasteiger partial charge on any atom is 0.216 e. The van der Waals surface area contributed by atoms with Crippen molar-refractivity contribution in [3.63, 3.8) is 0 Å². The van der Waals surface area contributed by atoms with Crippen molar-refractivity contribution < 1.29 is 13.6 Å². The number of amides is 1. The molecule has 0 radical (unpaired) electrons. The molecule has 1 fully saturated rings. The minimum Gasteiger partial charge on any atom is -0.356 e. The van der Waals surface area contributed by atoms with Crippen LogP contribution < -0.4 is 16.4 Å². The lowest BCUT2D eigenvalue weighted by Gasteiger charge is -2.41. The fraction of sp³-hybridized carbons (Fsp3) is 0.536. The van der Waals surface area contributed by atoms with Crippen LogP contribution in [-0.2, 0) is 15.7 Å². The number of halogens is 2. The SMILES string of the molecule is CC(=O)NCCCNC1(c2cccc(C(C)(C)C)c2)CCC(N)CC1.Cc1cc(F)cc(F)c1. The molecule has 34 heavy (non-hydrogen) atoms. The van der Waals surface area contributed by atoms with E-state index in [1.165, 1.54) is 23.3 Å². The Morgan fingerprint density at radius 3 is 2.21 bits per heavy atom. The Morgan fingerprint density at radius 1 is 1.06 bits per heavy atom. The van der Waals surface area contributed by atoms with Crippen molar-refractivity contribution in [1.29, 1.82) is 0 Å². The van der Waals surface area contributed by atoms with E-state index in [0.717, 1.165) is 51.3 Å². The van der Waals surface area contributed by atoms with Gasteiger partial charge < -0.3 is 16.4 Å². The molecule has 1 saturated carbocycles. The molecule has 188 valence electrons. The maximum absolute atomic E-state index is 12.2. The van der Waals surface area contributed by atoms with Gasteiger partial charge in [0.05, 0.1) is 0 Å². The van der Waals surface area contributed by atoms with E-state index >= 15 is 0 Å². The first kappa shape index (κ1) is 27.9. The lowest BCUT2D eigenvalue weighted by Crippen LogP contribution is -2.48. The Kier molecular flexibility index (Phi) is 10.2. The second kappa shape index (κ2) is 12.4. The second-order valence-electron chi connectivity index (χ2n) is 10.5. The summed E-state index contributed by atoms with van der Waals surface area (Å²) in [5.74, 6) is -1.00. The summed E-state index contributed by atoms with van der Waals surface area (Å²) in [4.78, 5) is 11.0. The topological polar surface area (TPSA) is 67.2 Å². The Balaban J connectivity index is 0.000000379. The largest absolute Gasteiger partial charge is 0.356 e. The summed E-state index contributed by atoms with van der Waals surface area (Å²) in [6.45, 7) is 11.6. The summed E-state index contributed by atoms with van der Waals surface area (Å²) in [6.07, 6.45) is 5.19. The van der Waals surface area contributed by atoms with Crippen molar-refractivity contribution in [2.24, 2.45) is 5.73 Å². The van der Waals surface area contributed by atoms with Gasteiger partial charge in [-0.2, -0.15) is 0 Å². The summed E-state index contributed by atoms with van der Waals surface area (Å²) < 4.78 is 24.4. The second-order valence-corrected chi connectivity index (χ2v) is 10.5. The fourth-order valence-corrected chi connectivity index (χ4v) is 4.36. The number of nitrogens with two attached hydrogens (primary N) is 1. The molecular formula is C28H41F2N3O. The molecule has 2 aromatic carbocycles. The van der Waals surface area contributed by atoms with E-state index in [2.05, 4.69) is 55.7 Å². The number of carbonyl (C=O) groups excluding carboxylic acids is 1. The van der Waals surface area contributed by atoms with Crippen molar-refractivity contribution in [2.45, 2.75) is 83.7 Å². The van der Waals surface area contributed by atoms with Crippen LogP contribution in [0.25, 0.3) is 0 Å². The van der Waals surface area contributed by atoms with Crippen LogP contribution in [0, 0.1) is 18.6 Å². The smallest absolute Gasteiger partial charge is 0.216 e. The van der Waals surface area contributed by atoms with Crippen molar-refractivity contribution in [3.05, 3.63) is 70.8 Å². The predicted octanol–water partition coefficient (Wildman–Crippen LogP) is 5.47. The highest BCUT2D eigenvalue weighted by Crippen LogP contribution is 2.38. The van der Waals surface area contributed by atoms with Gasteiger partial charge in [0, 0.05) is 31.1 Å². The molecular weight excluding hydrogens is 432 g/mol. The van der Waals surface area contributed by atoms with Crippen LogP contribution in [0.4, 0.5) is 8.78 Å². The Hall–Kier alpha value is -2.31. The maximum atomic E-state index is 12.2. The summed E-state index contributed by atoms with van der Waals surface area (Å²) in [5.41, 5.74) is 9.68. The van der Waals surface area contributed by atoms with E-state index < -0.39 is 11.6 Å². The first-order valence-electron chi connectivity index (χ1n) is 12.2. The van der Waals surface area contributed by atoms with Crippen LogP contribution >= 0.6 is 0 Å². The van der Waals surface area contributed by atoms with E-state index in [4.69, 9.17) is 5.73 Å². The van der Waals surface area contributed by atoms with Gasteiger partial charge in [-0.05, 0) is 79.8 Å². The van der Waals surface area contributed by atoms with Gasteiger partial charge >= 0.3 is 0 Å². The van der Waals surface area contributed by atoms with Crippen molar-refractivity contribution in [2.75, 3.05) is 13.1 Å². The van der Waals surface area contributed by atoms with Gasteiger partial charge in [0.25, 0.3) is 0 Å². The summed E-state index contributed by atoms with van der Waals surface area (Å²) in [7, 11) is 0. The minimum atomic E-state index is -0.521. The molecule has 4 N–H and O–H groups in total. The Labute approximate surface area is 203 Å². The zero-order valence-corrected chi connectivity index (χ0v) is 21.3. The molecule has 0 saturated heterocycles. The third-order valence-corrected chi connectivity index (χ3v) is 6.36. The molecule has 3 rings (SSSR count). The zero-order chi connectivity index (χ0) is 25.4. The van der Waals surface area contributed by atoms with Crippen LogP contribution in [0.2, 0.25) is 0 Å². The predicted molar refractivity (Wildman–Crippen MR) is 136 cm³/mol. The number of rotatable bonds is 6. The quantitative estimate of drug-likeness (QED) is 0.488. The number of benzene rings is 2. The molecule has 2 aromatic rings. The highest BCUT2D eigenvalue weighted by atomic mass is 19.1. The molecule has 1 amide bonds. The van der Waals surface area contributed by atoms with Gasteiger partial charge in [0.15, 0.2) is 0 Å². The third-order valence-electron chi connectivity index (χ3n) is 6.36. The normalized spacial score (nSPS) is 20.3. The van der Waals surface area contributed by atoms with E-state index in [0.29, 0.717) is 11.6 Å². The number of hydrogen-bond acceptors (Lipinski definition) is 3. The highest BCUT2D eigenvalue weighted by molar-refractivity contribution is 5.72. The van der Waals surface area contributed by atoms with Crippen molar-refractivity contribution >= 4 is 5.91 Å². The molecule has 0 aliphatic heterocycles. The average Bonchev–Trinajstić information content (AvgIpc) is 2.74. The molecule has 0 bridgehead atoms. The van der Waals surface area contributed by atoms with Crippen LogP contribution in [0.5, 0.6) is 0 Å². The molecule has 0 unspecified atom stereocenters. The zero-order valence-electron chi connectivity index (χ0n) is 21.3. The number of nitrogens with one attached hydrogen (secondary N) is 2. The molecule has 0 atom stereocenters. The minimum absolute atomic E-state index is 0.00730. The van der Waals surface area contributed by atoms with Gasteiger partial charge in [0.1, 0.15) is 11.6 Å². The summed E-state index contributed by atoms with van der Waals surface area (Å²) >= 11 is 0. The fourth-order valence-electron chi connectivity index (χ4n) is 4.36. The van der Waals surface area contributed by atoms with E-state index in [1.807, 2.05) is 0 Å². The standard InChI is InChI=1S/C21H35N3O.C7H6F2/c1-16(25)23-13-6-14-24-21(11-9-19(22)10-12-21)18-8-5-7-17(15-18)20(2,3)4;1-5-2-6(8)4-7(9)3-5/h5,7-8,15,19,24H,6,9-14,22H2,1-4H3,(H,23,25);2-4H,1H3. The lowest BCUT2D eigenvalue weighted by atomic mass is 9.73. The molecule has 0 spiro atoms. The molecule has 0 aromatic heterocycles. The first-order valence-corrected chi connectivity index (χ1v) is 12.2. The Bertz CT molecular complexity index is 881. The third kappa shape index (κ3) is 8.80. The number of hydrogen-bond donors (Lipinski definition) is 3. The van der Waals surface area contributed by atoms with Gasteiger partial charge in [-0.25, -0.2) is 8.78 Å². The van der Waals surface area contributed by atoms with Crippen LogP contribution in [0.3, 0.4) is 0 Å². The van der Waals surface area contributed by atoms with Crippen molar-refractivity contribution in [1.82, 2.24) is 10.6 Å². The molecule has 1 aliphatic carbocycles. The lowest BCUT2D eigenvalue weighted by molar-refractivity contribution is -0.118. The van der Waals surface area contributed by atoms with E-state index in [-0.39, 0.29) is 16.9 Å². The van der Waals surface area contributed by atoms with Gasteiger partial charge in [-0.15, -0.1) is 0 Å². The van der Waals surface area contributed by atoms with Crippen molar-refractivity contribution in [3.8, 4) is 0 Å². The molecule has 4 nitrogen and oxygen atoms in total. The van der Waals surface area contributed by atoms with Crippen LogP contribution in [-0.4, -0.2) is 25.0 Å².